The van der Waals surface area contributed by atoms with Crippen LogP contribution in [0.15, 0.2) is 35.5 Å². The number of allylic oxidation sites excluding steroid dienone is 3. The number of carbonyl (C=O) groups excluding carboxylic acids is 2. The van der Waals surface area contributed by atoms with Gasteiger partial charge in [-0.3, -0.25) is 4.79 Å². The minimum Gasteiger partial charge on any atom is -0.469 e. The molecule has 0 unspecified atom stereocenters. The maximum Gasteiger partial charge on any atom is 0.333 e. The van der Waals surface area contributed by atoms with Crippen molar-refractivity contribution in [2.45, 2.75) is 232 Å². The van der Waals surface area contributed by atoms with Crippen molar-refractivity contribution >= 4 is 11.9 Å². The monoisotopic (exact) mass is 1170 g/mol. The summed E-state index contributed by atoms with van der Waals surface area (Å²) in [5.41, 5.74) is 6.78. The van der Waals surface area contributed by atoms with E-state index in [9.17, 15) is 30.0 Å². The van der Waals surface area contributed by atoms with Gasteiger partial charge in [0.25, 0.3) is 0 Å². The van der Waals surface area contributed by atoms with E-state index in [2.05, 4.69) is 83.9 Å². The van der Waals surface area contributed by atoms with Gasteiger partial charge in [0.15, 0.2) is 0 Å². The minimum atomic E-state index is -0.737. The Balaban J connectivity index is 0.000000315. The molecule has 17 heteroatoms. The predicted molar refractivity (Wildman–Crippen MR) is 321 cm³/mol. The molecule has 0 amide bonds. The largest absolute Gasteiger partial charge is 0.469 e. The van der Waals surface area contributed by atoms with E-state index in [0.717, 1.165) is 132 Å². The Hall–Kier alpha value is -2.36. The van der Waals surface area contributed by atoms with Gasteiger partial charge in [-0.2, -0.15) is 0 Å². The smallest absolute Gasteiger partial charge is 0.333 e. The number of epoxide rings is 1. The average Bonchev–Trinajstić information content (AvgIpc) is 4.38. The average molecular weight is 1170 g/mol. The first-order chi connectivity index (χ1) is 38.7. The van der Waals surface area contributed by atoms with Gasteiger partial charge in [0.05, 0.1) is 76.1 Å². The molecule has 480 valence electrons. The van der Waals surface area contributed by atoms with Crippen LogP contribution in [0.5, 0.6) is 0 Å². The second-order valence-corrected chi connectivity index (χ2v) is 26.9. The number of fused-ring (bicyclic) bond motifs is 1. The van der Waals surface area contributed by atoms with Crippen LogP contribution < -0.4 is 5.73 Å². The molecule has 0 aromatic carbocycles. The molecular formula is C65H119NO16. The Morgan fingerprint density at radius 2 is 1.10 bits per heavy atom. The summed E-state index contributed by atoms with van der Waals surface area (Å²) < 4.78 is 14.5. The molecule has 0 aromatic rings. The molecule has 13 N–H and O–H groups in total. The highest BCUT2D eigenvalue weighted by molar-refractivity contribution is 5.88. The first-order valence-electron chi connectivity index (χ1n) is 31.4. The molecule has 10 rings (SSSR count). The molecule has 0 spiro atoms. The van der Waals surface area contributed by atoms with E-state index in [1.165, 1.54) is 26.2 Å². The van der Waals surface area contributed by atoms with Crippen LogP contribution in [0.25, 0.3) is 0 Å². The summed E-state index contributed by atoms with van der Waals surface area (Å²) in [6, 6.07) is 0.0946. The second-order valence-electron chi connectivity index (χ2n) is 26.9. The third-order valence-electron chi connectivity index (χ3n) is 18.4. The summed E-state index contributed by atoms with van der Waals surface area (Å²) in [5.74, 6) is 5.89. The molecular weight excluding hydrogens is 1050 g/mol. The fourth-order valence-electron chi connectivity index (χ4n) is 13.2. The number of aliphatic hydroxyl groups excluding tert-OH is 10. The fraction of sp³-hybridized carbons (Fsp3) is 0.877. The standard InChI is InChI=1S/2C8H12O2.C8H16O.C7H12O2.3C7H14O2.C7H12O.C6H13NO2/c2*1-6-3-4-7(5-6)8(9)10-2;1-3-7-4-6(2)5-8(7)9;1-5-2-6-7(3-5,4-8)9-6;2*1-5-2-6(4-8)7(9)3-5;1-6-2-3-7(9,4-6)5-8;1-6-2-3-7(4-6)5-8;7-5-1-4(3-8)6(9)2-5/h4,6H,3,5H2,1-2H3;3-4,6-7H,5H2,1-2H3;6-9H,3-5H2,1-2H3;5-6,8H,2-4H2,1H3;2*5-9H,2-4H2,1H3;6,8-9H,2-5H2,1H3;3,6,8H,2,4-5H2,1H3;4-6,8-9H,1-3,7H2/t6-;6-,7+;6-,7-,8+;5-,6-,7-;2*5-,6+,7+;6-,7+;6-;4-,5+,6-/m001011000/s1. The van der Waals surface area contributed by atoms with Crippen LogP contribution in [0, 0.1) is 76.9 Å². The number of ether oxygens (including phenoxy) is 3. The van der Waals surface area contributed by atoms with E-state index in [1.54, 1.807) is 0 Å². The maximum absolute atomic E-state index is 10.9. The van der Waals surface area contributed by atoms with Crippen LogP contribution in [0.2, 0.25) is 0 Å². The first kappa shape index (κ1) is 75.7. The van der Waals surface area contributed by atoms with Gasteiger partial charge in [-0.25, -0.2) is 4.79 Å². The predicted octanol–water partition coefficient (Wildman–Crippen LogP) is 6.95. The second kappa shape index (κ2) is 38.7. The summed E-state index contributed by atoms with van der Waals surface area (Å²) in [7, 11) is 2.85. The van der Waals surface area contributed by atoms with Gasteiger partial charge in [0.2, 0.25) is 0 Å². The zero-order valence-corrected chi connectivity index (χ0v) is 52.5. The molecule has 82 heavy (non-hydrogen) atoms. The van der Waals surface area contributed by atoms with Crippen LogP contribution in [0.1, 0.15) is 184 Å². The van der Waals surface area contributed by atoms with Crippen molar-refractivity contribution < 1.29 is 80.0 Å². The zero-order valence-electron chi connectivity index (χ0n) is 52.5. The van der Waals surface area contributed by atoms with Crippen molar-refractivity contribution in [1.82, 2.24) is 0 Å². The first-order valence-corrected chi connectivity index (χ1v) is 31.4. The van der Waals surface area contributed by atoms with Crippen molar-refractivity contribution in [3.8, 4) is 0 Å². The number of rotatable bonds is 9. The highest BCUT2D eigenvalue weighted by Crippen LogP contribution is 2.52. The van der Waals surface area contributed by atoms with Crippen molar-refractivity contribution in [2.75, 3.05) is 53.9 Å². The molecule has 1 aliphatic heterocycles. The van der Waals surface area contributed by atoms with Crippen molar-refractivity contribution in [3.05, 3.63) is 35.5 Å². The Bertz CT molecular complexity index is 1750. The van der Waals surface area contributed by atoms with Crippen molar-refractivity contribution in [1.29, 1.82) is 0 Å². The number of hydrogen-bond acceptors (Lipinski definition) is 17. The highest BCUT2D eigenvalue weighted by atomic mass is 16.6. The van der Waals surface area contributed by atoms with Gasteiger partial charge in [-0.15, -0.1) is 0 Å². The molecule has 0 bridgehead atoms. The number of esters is 2. The van der Waals surface area contributed by atoms with Crippen LogP contribution in [0.4, 0.5) is 0 Å². The Kier molecular flexibility index (Phi) is 35.8. The van der Waals surface area contributed by atoms with Gasteiger partial charge < -0.3 is 76.1 Å². The molecule has 9 aliphatic carbocycles. The zero-order chi connectivity index (χ0) is 61.9. The van der Waals surface area contributed by atoms with Gasteiger partial charge >= 0.3 is 11.9 Å². The van der Waals surface area contributed by atoms with Crippen molar-refractivity contribution in [2.24, 2.45) is 82.7 Å². The third kappa shape index (κ3) is 27.1. The molecule has 7 fully saturated rings. The Labute approximate surface area is 494 Å². The molecule has 6 saturated carbocycles. The van der Waals surface area contributed by atoms with E-state index in [1.807, 2.05) is 12.2 Å². The lowest BCUT2D eigenvalue weighted by atomic mass is 10.0. The Morgan fingerprint density at radius 3 is 1.34 bits per heavy atom. The number of aliphatic hydroxyl groups is 11. The van der Waals surface area contributed by atoms with Crippen LogP contribution in [0.3, 0.4) is 0 Å². The molecule has 1 heterocycles. The summed E-state index contributed by atoms with van der Waals surface area (Å²) in [6.07, 6.45) is 26.0. The van der Waals surface area contributed by atoms with Crippen LogP contribution >= 0.6 is 0 Å². The summed E-state index contributed by atoms with van der Waals surface area (Å²) in [4.78, 5) is 21.8. The lowest BCUT2D eigenvalue weighted by Crippen LogP contribution is -2.29. The van der Waals surface area contributed by atoms with E-state index in [-0.39, 0.29) is 111 Å². The van der Waals surface area contributed by atoms with E-state index < -0.39 is 5.60 Å². The van der Waals surface area contributed by atoms with E-state index in [0.29, 0.717) is 48.0 Å². The highest BCUT2D eigenvalue weighted by Gasteiger charge is 2.61. The van der Waals surface area contributed by atoms with Crippen LogP contribution in [-0.4, -0.2) is 170 Å². The number of carbonyl (C=O) groups is 2. The number of methoxy groups -OCH3 is 2. The Morgan fingerprint density at radius 1 is 0.585 bits per heavy atom. The van der Waals surface area contributed by atoms with E-state index in [4.69, 9.17) is 46.2 Å². The van der Waals surface area contributed by atoms with Gasteiger partial charge in [0, 0.05) is 49.2 Å². The summed E-state index contributed by atoms with van der Waals surface area (Å²) >= 11 is 0. The molecule has 1 saturated heterocycles. The molecule has 17 nitrogen and oxygen atoms in total. The third-order valence-corrected chi connectivity index (χ3v) is 18.4. The fourth-order valence-corrected chi connectivity index (χ4v) is 13.2. The topological polar surface area (TPSA) is 314 Å². The summed E-state index contributed by atoms with van der Waals surface area (Å²) in [5, 5.41) is 98.5. The SMILES string of the molecule is CC[C@@H]1C[C@@H](C)C[C@@H]1O.COC(=O)C1=CC[C@H](C)C1.COC(=O)[C@@H]1C=C[C@H](C)C1.C[C@@H]1C[C@@H](CO)[C@@H](O)C1.C[C@@H]1C[C@@H](CO)[C@@H](O)C1.C[C@H]1CC=C(CO)C1.C[C@H]1CC[C@](O)(CO)C1.C[C@H]1C[C@@H]2O[C@]2(CO)C1.N[C@@H]1C[C@@H](CO)[C@@H](O)C1. The molecule has 0 aromatic heterocycles. The number of nitrogens with two attached hydrogens (primary N) is 1. The van der Waals surface area contributed by atoms with E-state index >= 15 is 0 Å². The normalized spacial score (nSPS) is 39.5. The molecule has 10 aliphatic rings. The molecule has 0 radical (unpaired) electrons. The lowest BCUT2D eigenvalue weighted by molar-refractivity contribution is -0.143. The summed E-state index contributed by atoms with van der Waals surface area (Å²) in [6.45, 7) is 20.1. The van der Waals surface area contributed by atoms with Crippen LogP contribution in [-0.2, 0) is 23.8 Å². The number of hydrogen-bond donors (Lipinski definition) is 12. The van der Waals surface area contributed by atoms with Gasteiger partial charge in [-0.1, -0.05) is 93.0 Å². The molecule has 21 atom stereocenters. The minimum absolute atomic E-state index is 0.00463. The quantitative estimate of drug-likeness (QED) is 0.0631. The van der Waals surface area contributed by atoms with Crippen molar-refractivity contribution in [3.63, 3.8) is 0 Å². The lowest BCUT2D eigenvalue weighted by Gasteiger charge is -2.18. The van der Waals surface area contributed by atoms with Gasteiger partial charge in [-0.05, 0) is 174 Å². The van der Waals surface area contributed by atoms with Gasteiger partial charge in [0.1, 0.15) is 5.60 Å². The maximum atomic E-state index is 10.9.